The number of likely N-dealkylation sites (tertiary alicyclic amines) is 3. The Bertz CT molecular complexity index is 903. The minimum absolute atomic E-state index is 0.0692. The van der Waals surface area contributed by atoms with Gasteiger partial charge in [0.1, 0.15) is 0 Å². The predicted molar refractivity (Wildman–Crippen MR) is 116 cm³/mol. The standard InChI is InChI=1S/C21H30N4O2.C2HF3O2/c1-3-24-13-9-21(19(24)27)16-25(17(2)26)15-20(21)7-11-23(12-8-20)14-18-6-4-5-10-22-18;3-2(4,5)1(6)7/h4-6,10H,3,7-9,11-16H2,1-2H3;(H,6,7). The molecule has 34 heavy (non-hydrogen) atoms. The molecular weight excluding hydrogens is 453 g/mol. The van der Waals surface area contributed by atoms with Crippen molar-refractivity contribution in [3.63, 3.8) is 0 Å². The van der Waals surface area contributed by atoms with Gasteiger partial charge >= 0.3 is 12.1 Å². The summed E-state index contributed by atoms with van der Waals surface area (Å²) in [7, 11) is 0. The van der Waals surface area contributed by atoms with Crippen LogP contribution in [-0.2, 0) is 20.9 Å². The van der Waals surface area contributed by atoms with Gasteiger partial charge in [0.05, 0.1) is 11.1 Å². The van der Waals surface area contributed by atoms with E-state index >= 15 is 0 Å². The Morgan fingerprint density at radius 3 is 2.24 bits per heavy atom. The summed E-state index contributed by atoms with van der Waals surface area (Å²) in [6.07, 6.45) is -0.391. The smallest absolute Gasteiger partial charge is 0.475 e. The van der Waals surface area contributed by atoms with E-state index in [1.54, 1.807) is 6.92 Å². The largest absolute Gasteiger partial charge is 0.490 e. The van der Waals surface area contributed by atoms with Crippen LogP contribution in [-0.4, -0.2) is 88.0 Å². The minimum Gasteiger partial charge on any atom is -0.475 e. The first-order valence-corrected chi connectivity index (χ1v) is 11.4. The van der Waals surface area contributed by atoms with Crippen LogP contribution in [0.4, 0.5) is 13.2 Å². The van der Waals surface area contributed by atoms with E-state index in [1.165, 1.54) is 0 Å². The van der Waals surface area contributed by atoms with Crippen LogP contribution in [0.1, 0.15) is 38.8 Å². The summed E-state index contributed by atoms with van der Waals surface area (Å²) in [5.74, 6) is -2.37. The lowest BCUT2D eigenvalue weighted by molar-refractivity contribution is -0.192. The van der Waals surface area contributed by atoms with Gasteiger partial charge in [-0.1, -0.05) is 6.07 Å². The van der Waals surface area contributed by atoms with Crippen LogP contribution in [0, 0.1) is 10.8 Å². The molecule has 8 nitrogen and oxygen atoms in total. The van der Waals surface area contributed by atoms with Crippen molar-refractivity contribution in [1.82, 2.24) is 19.7 Å². The number of carbonyl (C=O) groups excluding carboxylic acids is 2. The summed E-state index contributed by atoms with van der Waals surface area (Å²) in [5.41, 5.74) is 0.653. The van der Waals surface area contributed by atoms with Crippen molar-refractivity contribution in [2.75, 3.05) is 39.3 Å². The third kappa shape index (κ3) is 5.03. The molecule has 4 heterocycles. The Hall–Kier alpha value is -2.69. The number of alkyl halides is 3. The van der Waals surface area contributed by atoms with Gasteiger partial charge in [-0.05, 0) is 51.4 Å². The first-order chi connectivity index (χ1) is 15.9. The molecule has 0 bridgehead atoms. The molecule has 1 aromatic heterocycles. The first kappa shape index (κ1) is 25.9. The van der Waals surface area contributed by atoms with Gasteiger partial charge in [0.25, 0.3) is 0 Å². The molecule has 2 spiro atoms. The highest BCUT2D eigenvalue weighted by Gasteiger charge is 2.65. The summed E-state index contributed by atoms with van der Waals surface area (Å²) >= 11 is 0. The highest BCUT2D eigenvalue weighted by atomic mass is 19.4. The Labute approximate surface area is 196 Å². The van der Waals surface area contributed by atoms with Crippen LogP contribution in [0.15, 0.2) is 24.4 Å². The lowest BCUT2D eigenvalue weighted by Gasteiger charge is -2.46. The van der Waals surface area contributed by atoms with E-state index in [2.05, 4.69) is 22.9 Å². The summed E-state index contributed by atoms with van der Waals surface area (Å²) < 4.78 is 31.7. The molecule has 1 N–H and O–H groups in total. The number of amides is 2. The van der Waals surface area contributed by atoms with Gasteiger partial charge in [0, 0.05) is 51.3 Å². The minimum atomic E-state index is -5.08. The second-order valence-electron chi connectivity index (χ2n) is 9.27. The van der Waals surface area contributed by atoms with E-state index in [9.17, 15) is 22.8 Å². The fourth-order valence-electron chi connectivity index (χ4n) is 5.56. The average molecular weight is 485 g/mol. The number of rotatable bonds is 3. The lowest BCUT2D eigenvalue weighted by Crippen LogP contribution is -2.52. The Morgan fingerprint density at radius 2 is 1.76 bits per heavy atom. The van der Waals surface area contributed by atoms with Crippen molar-refractivity contribution < 1.29 is 32.7 Å². The summed E-state index contributed by atoms with van der Waals surface area (Å²) in [6, 6.07) is 6.04. The van der Waals surface area contributed by atoms with Crippen LogP contribution in [0.5, 0.6) is 0 Å². The van der Waals surface area contributed by atoms with Crippen molar-refractivity contribution in [1.29, 1.82) is 0 Å². The second kappa shape index (κ2) is 9.89. The summed E-state index contributed by atoms with van der Waals surface area (Å²) in [5, 5.41) is 7.12. The Kier molecular flexibility index (Phi) is 7.54. The number of aliphatic carboxylic acids is 1. The van der Waals surface area contributed by atoms with Crippen molar-refractivity contribution >= 4 is 17.8 Å². The lowest BCUT2D eigenvalue weighted by atomic mass is 9.60. The van der Waals surface area contributed by atoms with E-state index in [1.807, 2.05) is 28.1 Å². The van der Waals surface area contributed by atoms with Gasteiger partial charge in [-0.25, -0.2) is 4.79 Å². The topological polar surface area (TPSA) is 94.0 Å². The molecule has 0 aliphatic carbocycles. The molecule has 1 aromatic rings. The molecule has 2 amide bonds. The Morgan fingerprint density at radius 1 is 1.12 bits per heavy atom. The monoisotopic (exact) mass is 484 g/mol. The maximum atomic E-state index is 13.3. The number of carbonyl (C=O) groups is 3. The number of hydrogen-bond donors (Lipinski definition) is 1. The quantitative estimate of drug-likeness (QED) is 0.708. The molecule has 0 radical (unpaired) electrons. The fourth-order valence-corrected chi connectivity index (χ4v) is 5.56. The first-order valence-electron chi connectivity index (χ1n) is 11.4. The maximum Gasteiger partial charge on any atom is 0.490 e. The van der Waals surface area contributed by atoms with Crippen LogP contribution < -0.4 is 0 Å². The molecule has 3 aliphatic rings. The van der Waals surface area contributed by atoms with E-state index < -0.39 is 12.1 Å². The number of aromatic nitrogens is 1. The van der Waals surface area contributed by atoms with Crippen molar-refractivity contribution in [3.05, 3.63) is 30.1 Å². The summed E-state index contributed by atoms with van der Waals surface area (Å²) in [4.78, 5) is 45.2. The number of fused-ring (bicyclic) bond motifs is 1. The fraction of sp³-hybridized carbons (Fsp3) is 0.652. The van der Waals surface area contributed by atoms with Gasteiger partial charge in [0.15, 0.2) is 0 Å². The van der Waals surface area contributed by atoms with E-state index in [4.69, 9.17) is 9.90 Å². The van der Waals surface area contributed by atoms with Crippen LogP contribution >= 0.6 is 0 Å². The van der Waals surface area contributed by atoms with Crippen LogP contribution in [0.25, 0.3) is 0 Å². The highest BCUT2D eigenvalue weighted by molar-refractivity contribution is 5.88. The zero-order chi connectivity index (χ0) is 25.1. The molecular formula is C23H31F3N4O4. The van der Waals surface area contributed by atoms with E-state index in [-0.39, 0.29) is 22.6 Å². The molecule has 1 unspecified atom stereocenters. The van der Waals surface area contributed by atoms with Gasteiger partial charge in [-0.3, -0.25) is 19.5 Å². The third-order valence-electron chi connectivity index (χ3n) is 7.47. The molecule has 188 valence electrons. The van der Waals surface area contributed by atoms with Gasteiger partial charge < -0.3 is 14.9 Å². The third-order valence-corrected chi connectivity index (χ3v) is 7.47. The van der Waals surface area contributed by atoms with Crippen molar-refractivity contribution in [2.24, 2.45) is 10.8 Å². The summed E-state index contributed by atoms with van der Waals surface area (Å²) in [6.45, 7) is 9.42. The number of pyridine rings is 1. The number of carboxylic acids is 1. The molecule has 1 atom stereocenters. The van der Waals surface area contributed by atoms with Crippen molar-refractivity contribution in [2.45, 2.75) is 45.8 Å². The second-order valence-corrected chi connectivity index (χ2v) is 9.27. The van der Waals surface area contributed by atoms with Gasteiger partial charge in [-0.2, -0.15) is 13.2 Å². The van der Waals surface area contributed by atoms with E-state index in [0.717, 1.165) is 64.2 Å². The zero-order valence-electron chi connectivity index (χ0n) is 19.5. The number of halogens is 3. The average Bonchev–Trinajstić information content (AvgIpc) is 3.29. The molecule has 3 saturated heterocycles. The molecule has 4 rings (SSSR count). The molecule has 0 aromatic carbocycles. The van der Waals surface area contributed by atoms with Gasteiger partial charge in [-0.15, -0.1) is 0 Å². The molecule has 11 heteroatoms. The molecule has 0 saturated carbocycles. The molecule has 3 fully saturated rings. The Balaban J connectivity index is 0.000000406. The van der Waals surface area contributed by atoms with Crippen LogP contribution in [0.2, 0.25) is 0 Å². The van der Waals surface area contributed by atoms with Gasteiger partial charge in [0.2, 0.25) is 11.8 Å². The van der Waals surface area contributed by atoms with Crippen LogP contribution in [0.3, 0.4) is 0 Å². The zero-order valence-corrected chi connectivity index (χ0v) is 19.5. The highest BCUT2D eigenvalue weighted by Crippen LogP contribution is 2.57. The SMILES string of the molecule is CCN1CCC2(CN(C(C)=O)CC23CCN(Cc2ccccn2)CC3)C1=O.O=C(O)C(F)(F)F. The molecule has 3 aliphatic heterocycles. The maximum absolute atomic E-state index is 13.3. The normalized spacial score (nSPS) is 24.4. The van der Waals surface area contributed by atoms with E-state index in [0.29, 0.717) is 6.54 Å². The number of nitrogens with zero attached hydrogens (tertiary/aromatic N) is 4. The number of carboxylic acid groups (broad SMARTS) is 1. The number of piperidine rings is 1. The van der Waals surface area contributed by atoms with Crippen molar-refractivity contribution in [3.8, 4) is 0 Å². The predicted octanol–water partition coefficient (Wildman–Crippen LogP) is 2.40. The number of hydrogen-bond acceptors (Lipinski definition) is 5.